The van der Waals surface area contributed by atoms with E-state index < -0.39 is 0 Å². The van der Waals surface area contributed by atoms with Gasteiger partial charge in [0.25, 0.3) is 5.91 Å². The predicted octanol–water partition coefficient (Wildman–Crippen LogP) is 2.38. The highest BCUT2D eigenvalue weighted by molar-refractivity contribution is 6.33. The Morgan fingerprint density at radius 2 is 2.15 bits per heavy atom. The Balaban J connectivity index is 1.80. The van der Waals surface area contributed by atoms with Crippen molar-refractivity contribution in [1.29, 1.82) is 0 Å². The number of anilines is 1. The third kappa shape index (κ3) is 4.12. The zero-order valence-corrected chi connectivity index (χ0v) is 12.6. The van der Waals surface area contributed by atoms with Crippen LogP contribution in [0, 0.1) is 5.92 Å². The third-order valence-corrected chi connectivity index (χ3v) is 3.97. The summed E-state index contributed by atoms with van der Waals surface area (Å²) in [5.74, 6) is 0.349. The van der Waals surface area contributed by atoms with Gasteiger partial charge in [-0.3, -0.25) is 4.79 Å². The highest BCUT2D eigenvalue weighted by atomic mass is 35.5. The number of benzene rings is 1. The molecule has 1 heterocycles. The van der Waals surface area contributed by atoms with Crippen LogP contribution in [0.25, 0.3) is 0 Å². The van der Waals surface area contributed by atoms with E-state index in [1.807, 2.05) is 0 Å². The third-order valence-electron chi connectivity index (χ3n) is 3.64. The molecule has 0 bridgehead atoms. The van der Waals surface area contributed by atoms with E-state index >= 15 is 0 Å². The number of nitrogens with one attached hydrogen (secondary N) is 1. The molecule has 2 rings (SSSR count). The van der Waals surface area contributed by atoms with Gasteiger partial charge in [-0.1, -0.05) is 18.5 Å². The Morgan fingerprint density at radius 1 is 1.45 bits per heavy atom. The summed E-state index contributed by atoms with van der Waals surface area (Å²) in [5.41, 5.74) is 6.68. The van der Waals surface area contributed by atoms with Gasteiger partial charge in [-0.05, 0) is 50.0 Å². The fourth-order valence-electron chi connectivity index (χ4n) is 2.51. The van der Waals surface area contributed by atoms with Crippen LogP contribution in [0.1, 0.15) is 30.1 Å². The summed E-state index contributed by atoms with van der Waals surface area (Å²) >= 11 is 5.92. The molecule has 1 atom stereocenters. The molecule has 0 radical (unpaired) electrons. The quantitative estimate of drug-likeness (QED) is 0.820. The number of nitrogen functional groups attached to an aromatic ring is 1. The Morgan fingerprint density at radius 3 is 2.80 bits per heavy atom. The molecule has 4 nitrogen and oxygen atoms in total. The van der Waals surface area contributed by atoms with Crippen LogP contribution in [0.3, 0.4) is 0 Å². The lowest BCUT2D eigenvalue weighted by molar-refractivity contribution is 0.0945. The molecule has 20 heavy (non-hydrogen) atoms. The molecule has 1 aromatic carbocycles. The summed E-state index contributed by atoms with van der Waals surface area (Å²) in [5, 5.41) is 3.37. The minimum absolute atomic E-state index is 0.0971. The molecular formula is C15H22ClN3O. The standard InChI is InChI=1S/C15H22ClN3O/c1-11(10-19-6-2-3-7-19)9-18-15(20)12-4-5-14(17)13(16)8-12/h4-5,8,11H,2-3,6-7,9-10,17H2,1H3,(H,18,20). The van der Waals surface area contributed by atoms with Crippen molar-refractivity contribution in [2.45, 2.75) is 19.8 Å². The minimum atomic E-state index is -0.0971. The number of nitrogens with two attached hydrogens (primary N) is 1. The average Bonchev–Trinajstić information content (AvgIpc) is 2.92. The monoisotopic (exact) mass is 295 g/mol. The maximum atomic E-state index is 12.0. The van der Waals surface area contributed by atoms with Crippen LogP contribution < -0.4 is 11.1 Å². The molecule has 0 saturated carbocycles. The summed E-state index contributed by atoms with van der Waals surface area (Å²) in [7, 11) is 0. The predicted molar refractivity (Wildman–Crippen MR) is 83.0 cm³/mol. The van der Waals surface area contributed by atoms with E-state index in [-0.39, 0.29) is 5.91 Å². The number of amides is 1. The molecule has 1 aliphatic rings. The van der Waals surface area contributed by atoms with Gasteiger partial charge in [0, 0.05) is 18.7 Å². The average molecular weight is 296 g/mol. The van der Waals surface area contributed by atoms with E-state index in [9.17, 15) is 4.79 Å². The first-order chi connectivity index (χ1) is 9.56. The van der Waals surface area contributed by atoms with Crippen molar-refractivity contribution in [2.24, 2.45) is 5.92 Å². The van der Waals surface area contributed by atoms with Crippen molar-refractivity contribution in [2.75, 3.05) is 31.9 Å². The second-order valence-electron chi connectivity index (χ2n) is 5.56. The van der Waals surface area contributed by atoms with Gasteiger partial charge >= 0.3 is 0 Å². The second-order valence-corrected chi connectivity index (χ2v) is 5.97. The number of hydrogen-bond acceptors (Lipinski definition) is 3. The molecule has 1 saturated heterocycles. The van der Waals surface area contributed by atoms with Gasteiger partial charge in [0.15, 0.2) is 0 Å². The van der Waals surface area contributed by atoms with Crippen LogP contribution in [0.5, 0.6) is 0 Å². The second kappa shape index (κ2) is 6.95. The lowest BCUT2D eigenvalue weighted by atomic mass is 10.1. The van der Waals surface area contributed by atoms with E-state index in [1.165, 1.54) is 25.9 Å². The first kappa shape index (κ1) is 15.1. The normalized spacial score (nSPS) is 17.1. The van der Waals surface area contributed by atoms with Gasteiger partial charge in [0.2, 0.25) is 0 Å². The van der Waals surface area contributed by atoms with Gasteiger partial charge in [0.05, 0.1) is 10.7 Å². The summed E-state index contributed by atoms with van der Waals surface area (Å²) in [6.07, 6.45) is 2.59. The molecule has 0 aromatic heterocycles. The molecule has 0 spiro atoms. The highest BCUT2D eigenvalue weighted by Crippen LogP contribution is 2.19. The molecule has 3 N–H and O–H groups in total. The van der Waals surface area contributed by atoms with E-state index in [1.54, 1.807) is 18.2 Å². The smallest absolute Gasteiger partial charge is 0.251 e. The summed E-state index contributed by atoms with van der Waals surface area (Å²) in [6.45, 7) is 6.26. The molecule has 110 valence electrons. The van der Waals surface area contributed by atoms with Crippen molar-refractivity contribution in [3.05, 3.63) is 28.8 Å². The zero-order valence-electron chi connectivity index (χ0n) is 11.9. The van der Waals surface area contributed by atoms with Crippen molar-refractivity contribution >= 4 is 23.2 Å². The van der Waals surface area contributed by atoms with E-state index in [2.05, 4.69) is 17.1 Å². The van der Waals surface area contributed by atoms with E-state index in [0.717, 1.165) is 6.54 Å². The Labute approximate surface area is 125 Å². The first-order valence-corrected chi connectivity index (χ1v) is 7.49. The maximum Gasteiger partial charge on any atom is 0.251 e. The topological polar surface area (TPSA) is 58.4 Å². The fourth-order valence-corrected chi connectivity index (χ4v) is 2.69. The number of carbonyl (C=O) groups is 1. The van der Waals surface area contributed by atoms with Gasteiger partial charge in [-0.15, -0.1) is 0 Å². The van der Waals surface area contributed by atoms with Gasteiger partial charge < -0.3 is 16.0 Å². The van der Waals surface area contributed by atoms with Crippen LogP contribution in [-0.2, 0) is 0 Å². The van der Waals surface area contributed by atoms with Crippen molar-refractivity contribution in [1.82, 2.24) is 10.2 Å². The van der Waals surface area contributed by atoms with E-state index in [4.69, 9.17) is 17.3 Å². The molecule has 1 aromatic rings. The largest absolute Gasteiger partial charge is 0.398 e. The maximum absolute atomic E-state index is 12.0. The van der Waals surface area contributed by atoms with Crippen LogP contribution >= 0.6 is 11.6 Å². The number of rotatable bonds is 5. The SMILES string of the molecule is CC(CNC(=O)c1ccc(N)c(Cl)c1)CN1CCCC1. The fraction of sp³-hybridized carbons (Fsp3) is 0.533. The molecule has 0 aliphatic carbocycles. The Kier molecular flexibility index (Phi) is 5.26. The lowest BCUT2D eigenvalue weighted by Crippen LogP contribution is -2.34. The van der Waals surface area contributed by atoms with Gasteiger partial charge in [-0.25, -0.2) is 0 Å². The van der Waals surface area contributed by atoms with E-state index in [0.29, 0.717) is 28.7 Å². The van der Waals surface area contributed by atoms with Crippen LogP contribution in [0.4, 0.5) is 5.69 Å². The first-order valence-electron chi connectivity index (χ1n) is 7.12. The Bertz CT molecular complexity index is 472. The van der Waals surface area contributed by atoms with Crippen molar-refractivity contribution in [3.63, 3.8) is 0 Å². The highest BCUT2D eigenvalue weighted by Gasteiger charge is 2.15. The molecule has 1 unspecified atom stereocenters. The zero-order chi connectivity index (χ0) is 14.5. The summed E-state index contributed by atoms with van der Waals surface area (Å²) in [6, 6.07) is 4.96. The molecule has 1 aliphatic heterocycles. The van der Waals surface area contributed by atoms with Crippen LogP contribution in [0.2, 0.25) is 5.02 Å². The molecular weight excluding hydrogens is 274 g/mol. The molecule has 5 heteroatoms. The Hall–Kier alpha value is -1.26. The minimum Gasteiger partial charge on any atom is -0.398 e. The van der Waals surface area contributed by atoms with Crippen molar-refractivity contribution < 1.29 is 4.79 Å². The summed E-state index contributed by atoms with van der Waals surface area (Å²) in [4.78, 5) is 14.5. The lowest BCUT2D eigenvalue weighted by Gasteiger charge is -2.20. The van der Waals surface area contributed by atoms with Gasteiger partial charge in [-0.2, -0.15) is 0 Å². The number of nitrogens with zero attached hydrogens (tertiary/aromatic N) is 1. The molecule has 1 amide bonds. The van der Waals surface area contributed by atoms with Crippen molar-refractivity contribution in [3.8, 4) is 0 Å². The van der Waals surface area contributed by atoms with Gasteiger partial charge in [0.1, 0.15) is 0 Å². The van der Waals surface area contributed by atoms with Crippen LogP contribution in [-0.4, -0.2) is 37.0 Å². The molecule has 1 fully saturated rings. The number of likely N-dealkylation sites (tertiary alicyclic amines) is 1. The number of halogens is 1. The number of hydrogen-bond donors (Lipinski definition) is 2. The number of carbonyl (C=O) groups excluding carboxylic acids is 1. The van der Waals surface area contributed by atoms with Crippen LogP contribution in [0.15, 0.2) is 18.2 Å². The summed E-state index contributed by atoms with van der Waals surface area (Å²) < 4.78 is 0.